The van der Waals surface area contributed by atoms with E-state index in [-0.39, 0.29) is 0 Å². The summed E-state index contributed by atoms with van der Waals surface area (Å²) in [5.74, 6) is 0. The van der Waals surface area contributed by atoms with Crippen molar-refractivity contribution >= 4 is 53.4 Å². The third-order valence-electron chi connectivity index (χ3n) is 5.67. The summed E-state index contributed by atoms with van der Waals surface area (Å²) in [6.45, 7) is 4.36. The van der Waals surface area contributed by atoms with Gasteiger partial charge in [-0.3, -0.25) is 4.90 Å². The van der Waals surface area contributed by atoms with Crippen molar-refractivity contribution in [3.05, 3.63) is 48.5 Å². The summed E-state index contributed by atoms with van der Waals surface area (Å²) in [6.07, 6.45) is 2.65. The van der Waals surface area contributed by atoms with Gasteiger partial charge in [0.2, 0.25) is 0 Å². The molecule has 2 saturated heterocycles. The van der Waals surface area contributed by atoms with Crippen molar-refractivity contribution in [2.24, 2.45) is 0 Å². The van der Waals surface area contributed by atoms with Crippen molar-refractivity contribution in [1.29, 1.82) is 0 Å². The Labute approximate surface area is 183 Å². The molecule has 0 bridgehead atoms. The van der Waals surface area contributed by atoms with Crippen LogP contribution in [-0.4, -0.2) is 54.1 Å². The highest BCUT2D eigenvalue weighted by Crippen LogP contribution is 2.34. The van der Waals surface area contributed by atoms with E-state index in [0.717, 1.165) is 60.9 Å². The van der Waals surface area contributed by atoms with Gasteiger partial charge in [0.1, 0.15) is 0 Å². The molecule has 2 aliphatic rings. The number of benzene rings is 2. The summed E-state index contributed by atoms with van der Waals surface area (Å²) < 4.78 is 8.39. The average molecular weight is 438 g/mol. The molecule has 0 aliphatic carbocycles. The van der Waals surface area contributed by atoms with Gasteiger partial charge in [0.05, 0.1) is 46.5 Å². The number of anilines is 2. The molecule has 2 fully saturated rings. The van der Waals surface area contributed by atoms with Crippen LogP contribution in [0.15, 0.2) is 48.5 Å². The molecule has 6 nitrogen and oxygen atoms in total. The molecule has 4 heterocycles. The topological polar surface area (TPSA) is 44.7 Å². The minimum absolute atomic E-state index is 0.331. The SMILES string of the molecule is c1ccc2sc(N3CN(CC4CCCO4)CN(c4nc5ccccc5s4)C3)nc2c1. The second-order valence-corrected chi connectivity index (χ2v) is 9.94. The Morgan fingerprint density at radius 3 is 1.97 bits per heavy atom. The largest absolute Gasteiger partial charge is 0.377 e. The van der Waals surface area contributed by atoms with Gasteiger partial charge in [0.25, 0.3) is 0 Å². The Morgan fingerprint density at radius 1 is 0.833 bits per heavy atom. The molecule has 0 spiro atoms. The van der Waals surface area contributed by atoms with E-state index >= 15 is 0 Å². The van der Waals surface area contributed by atoms with Gasteiger partial charge >= 0.3 is 0 Å². The number of fused-ring (bicyclic) bond motifs is 2. The lowest BCUT2D eigenvalue weighted by Crippen LogP contribution is -2.56. The molecule has 4 aromatic rings. The summed E-state index contributed by atoms with van der Waals surface area (Å²) in [5, 5.41) is 2.14. The van der Waals surface area contributed by atoms with E-state index < -0.39 is 0 Å². The third-order valence-corrected chi connectivity index (χ3v) is 7.87. The molecular weight excluding hydrogens is 414 g/mol. The number of ether oxygens (including phenoxy) is 1. The number of hydrogen-bond acceptors (Lipinski definition) is 8. The van der Waals surface area contributed by atoms with Crippen LogP contribution in [-0.2, 0) is 4.74 Å². The first-order valence-electron chi connectivity index (χ1n) is 10.4. The Kier molecular flexibility index (Phi) is 4.79. The van der Waals surface area contributed by atoms with Crippen LogP contribution in [0.1, 0.15) is 12.8 Å². The Bertz CT molecular complexity index is 1020. The van der Waals surface area contributed by atoms with Crippen LogP contribution in [0.25, 0.3) is 20.4 Å². The number of nitrogens with zero attached hydrogens (tertiary/aromatic N) is 5. The molecule has 1 atom stereocenters. The maximum atomic E-state index is 5.93. The van der Waals surface area contributed by atoms with Crippen LogP contribution in [0.4, 0.5) is 10.3 Å². The van der Waals surface area contributed by atoms with Crippen LogP contribution in [0.3, 0.4) is 0 Å². The van der Waals surface area contributed by atoms with Gasteiger partial charge in [-0.2, -0.15) is 0 Å². The minimum Gasteiger partial charge on any atom is -0.377 e. The number of aromatic nitrogens is 2. The molecule has 0 amide bonds. The summed E-state index contributed by atoms with van der Waals surface area (Å²) in [7, 11) is 0. The zero-order chi connectivity index (χ0) is 19.9. The van der Waals surface area contributed by atoms with Crippen molar-refractivity contribution in [2.45, 2.75) is 18.9 Å². The highest BCUT2D eigenvalue weighted by Gasteiger charge is 2.30. The normalized spacial score (nSPS) is 20.6. The lowest BCUT2D eigenvalue weighted by atomic mass is 10.2. The first-order valence-corrected chi connectivity index (χ1v) is 12.0. The van der Waals surface area contributed by atoms with Crippen LogP contribution >= 0.6 is 22.7 Å². The van der Waals surface area contributed by atoms with Crippen molar-refractivity contribution in [1.82, 2.24) is 14.9 Å². The van der Waals surface area contributed by atoms with E-state index in [1.54, 1.807) is 22.7 Å². The maximum Gasteiger partial charge on any atom is 0.188 e. The first-order chi connectivity index (χ1) is 14.8. The van der Waals surface area contributed by atoms with E-state index in [1.807, 2.05) is 0 Å². The molecule has 0 N–H and O–H groups in total. The Hall–Kier alpha value is -2.26. The van der Waals surface area contributed by atoms with Crippen LogP contribution in [0.2, 0.25) is 0 Å². The van der Waals surface area contributed by atoms with Crippen molar-refractivity contribution < 1.29 is 4.74 Å². The zero-order valence-electron chi connectivity index (χ0n) is 16.6. The molecule has 2 aromatic heterocycles. The van der Waals surface area contributed by atoms with Gasteiger partial charge in [0, 0.05) is 13.2 Å². The molecule has 8 heteroatoms. The molecule has 1 unspecified atom stereocenters. The van der Waals surface area contributed by atoms with Crippen LogP contribution in [0.5, 0.6) is 0 Å². The van der Waals surface area contributed by atoms with Crippen molar-refractivity contribution in [2.75, 3.05) is 43.0 Å². The average Bonchev–Trinajstić information content (AvgIpc) is 3.52. The van der Waals surface area contributed by atoms with Gasteiger partial charge in [-0.15, -0.1) is 0 Å². The molecule has 6 rings (SSSR count). The van der Waals surface area contributed by atoms with E-state index in [9.17, 15) is 0 Å². The number of rotatable bonds is 4. The molecule has 2 aromatic carbocycles. The van der Waals surface area contributed by atoms with Gasteiger partial charge in [-0.25, -0.2) is 9.97 Å². The number of para-hydroxylation sites is 2. The van der Waals surface area contributed by atoms with Crippen LogP contribution in [0, 0.1) is 0 Å². The van der Waals surface area contributed by atoms with Crippen molar-refractivity contribution in [3.8, 4) is 0 Å². The molecule has 30 heavy (non-hydrogen) atoms. The fourth-order valence-electron chi connectivity index (χ4n) is 4.25. The van der Waals surface area contributed by atoms with E-state index in [1.165, 1.54) is 15.8 Å². The first kappa shape index (κ1) is 18.5. The van der Waals surface area contributed by atoms with Gasteiger partial charge in [-0.05, 0) is 37.1 Å². The van der Waals surface area contributed by atoms with Crippen LogP contribution < -0.4 is 9.80 Å². The van der Waals surface area contributed by atoms with E-state index in [0.29, 0.717) is 6.10 Å². The quantitative estimate of drug-likeness (QED) is 0.465. The van der Waals surface area contributed by atoms with E-state index in [2.05, 4.69) is 63.2 Å². The fourth-order valence-corrected chi connectivity index (χ4v) is 6.15. The van der Waals surface area contributed by atoms with Crippen molar-refractivity contribution in [3.63, 3.8) is 0 Å². The second kappa shape index (κ2) is 7.77. The molecule has 2 aliphatic heterocycles. The van der Waals surface area contributed by atoms with Gasteiger partial charge in [0.15, 0.2) is 10.3 Å². The maximum absolute atomic E-state index is 5.93. The molecular formula is C22H23N5OS2. The smallest absolute Gasteiger partial charge is 0.188 e. The fraction of sp³-hybridized carbons (Fsp3) is 0.364. The van der Waals surface area contributed by atoms with Gasteiger partial charge < -0.3 is 14.5 Å². The monoisotopic (exact) mass is 437 g/mol. The highest BCUT2D eigenvalue weighted by atomic mass is 32.1. The second-order valence-electron chi connectivity index (χ2n) is 7.92. The third kappa shape index (κ3) is 3.54. The molecule has 0 saturated carbocycles. The Balaban J connectivity index is 1.32. The predicted octanol–water partition coefficient (Wildman–Crippen LogP) is 4.59. The van der Waals surface area contributed by atoms with E-state index in [4.69, 9.17) is 14.7 Å². The summed E-state index contributed by atoms with van der Waals surface area (Å²) in [6, 6.07) is 16.8. The highest BCUT2D eigenvalue weighted by molar-refractivity contribution is 7.22. The summed E-state index contributed by atoms with van der Waals surface area (Å²) in [5.41, 5.74) is 2.14. The zero-order valence-corrected chi connectivity index (χ0v) is 18.2. The van der Waals surface area contributed by atoms with Gasteiger partial charge in [-0.1, -0.05) is 46.9 Å². The lowest BCUT2D eigenvalue weighted by molar-refractivity contribution is 0.0689. The lowest BCUT2D eigenvalue weighted by Gasteiger charge is -2.42. The minimum atomic E-state index is 0.331. The summed E-state index contributed by atoms with van der Waals surface area (Å²) in [4.78, 5) is 17.0. The molecule has 0 radical (unpaired) electrons. The number of hydrogen-bond donors (Lipinski definition) is 0. The standard InChI is InChI=1S/C22H23N5OS2/c1-3-9-19-17(7-1)23-21(29-19)26-13-25(12-16-6-5-11-28-16)14-27(15-26)22-24-18-8-2-4-10-20(18)30-22/h1-4,7-10,16H,5-6,11-15H2. The molecule has 154 valence electrons. The Morgan fingerprint density at radius 2 is 1.43 bits per heavy atom. The number of thiazole rings is 2. The predicted molar refractivity (Wildman–Crippen MR) is 124 cm³/mol. The summed E-state index contributed by atoms with van der Waals surface area (Å²) >= 11 is 3.53.